The van der Waals surface area contributed by atoms with Crippen LogP contribution in [0, 0.1) is 13.8 Å². The summed E-state index contributed by atoms with van der Waals surface area (Å²) in [5.41, 5.74) is 5.35. The Morgan fingerprint density at radius 2 is 1.91 bits per heavy atom. The van der Waals surface area contributed by atoms with Gasteiger partial charge in [-0.15, -0.1) is 0 Å². The number of benzene rings is 1. The van der Waals surface area contributed by atoms with Crippen LogP contribution in [0.15, 0.2) is 77.5 Å². The first-order valence-electron chi connectivity index (χ1n) is 10.5. The Hall–Kier alpha value is -3.58. The van der Waals surface area contributed by atoms with Gasteiger partial charge in [0.05, 0.1) is 30.6 Å². The van der Waals surface area contributed by atoms with Crippen LogP contribution in [-0.4, -0.2) is 24.7 Å². The second-order valence-corrected chi connectivity index (χ2v) is 8.40. The van der Waals surface area contributed by atoms with Crippen molar-refractivity contribution in [3.63, 3.8) is 0 Å². The van der Waals surface area contributed by atoms with Crippen LogP contribution in [-0.2, 0) is 6.54 Å². The van der Waals surface area contributed by atoms with Gasteiger partial charge in [-0.1, -0.05) is 6.07 Å². The highest BCUT2D eigenvalue weighted by Gasteiger charge is 2.41. The zero-order valence-electron chi connectivity index (χ0n) is 17.9. The molecule has 7 heteroatoms. The minimum atomic E-state index is -0.0903. The monoisotopic (exact) mass is 444 g/mol. The molecule has 0 aliphatic carbocycles. The smallest absolute Gasteiger partial charge is 0.170 e. The number of aromatic nitrogens is 2. The molecule has 1 aliphatic heterocycles. The predicted octanol–water partition coefficient (Wildman–Crippen LogP) is 4.96. The summed E-state index contributed by atoms with van der Waals surface area (Å²) in [6, 6.07) is 19.1. The number of phenolic OH excluding ortho intramolecular Hbond substituents is 1. The molecule has 0 unspecified atom stereocenters. The Kier molecular flexibility index (Phi) is 5.19. The maximum absolute atomic E-state index is 9.71. The van der Waals surface area contributed by atoms with Gasteiger partial charge in [-0.3, -0.25) is 4.98 Å². The summed E-state index contributed by atoms with van der Waals surface area (Å²) in [5, 5.41) is 13.9. The fourth-order valence-corrected chi connectivity index (χ4v) is 4.88. The quantitative estimate of drug-likeness (QED) is 0.424. The Morgan fingerprint density at radius 3 is 2.59 bits per heavy atom. The Labute approximate surface area is 192 Å². The van der Waals surface area contributed by atoms with E-state index in [0.29, 0.717) is 11.7 Å². The van der Waals surface area contributed by atoms with Crippen molar-refractivity contribution in [2.24, 2.45) is 0 Å². The average molecular weight is 445 g/mol. The van der Waals surface area contributed by atoms with Crippen LogP contribution in [0.25, 0.3) is 5.69 Å². The Morgan fingerprint density at radius 1 is 1.09 bits per heavy atom. The molecule has 32 heavy (non-hydrogen) atoms. The zero-order valence-corrected chi connectivity index (χ0v) is 18.7. The second-order valence-electron chi connectivity index (χ2n) is 8.01. The number of phenols is 1. The van der Waals surface area contributed by atoms with E-state index >= 15 is 0 Å². The molecule has 4 aromatic rings. The number of hydrogen-bond acceptors (Lipinski definition) is 4. The number of nitrogens with zero attached hydrogens (tertiary/aromatic N) is 3. The first kappa shape index (κ1) is 20.3. The number of rotatable bonds is 5. The minimum Gasteiger partial charge on any atom is -0.508 e. The molecule has 0 spiro atoms. The normalized spacial score (nSPS) is 18.2. The lowest BCUT2D eigenvalue weighted by atomic mass is 9.96. The summed E-state index contributed by atoms with van der Waals surface area (Å²) in [6.45, 7) is 4.78. The van der Waals surface area contributed by atoms with Crippen molar-refractivity contribution >= 4 is 17.3 Å². The van der Waals surface area contributed by atoms with Gasteiger partial charge in [0.1, 0.15) is 11.5 Å². The molecule has 0 bridgehead atoms. The van der Waals surface area contributed by atoms with E-state index in [4.69, 9.17) is 16.6 Å². The molecule has 2 N–H and O–H groups in total. The van der Waals surface area contributed by atoms with Gasteiger partial charge < -0.3 is 24.3 Å². The van der Waals surface area contributed by atoms with Gasteiger partial charge in [-0.05, 0) is 86.2 Å². The first-order valence-corrected chi connectivity index (χ1v) is 10.9. The van der Waals surface area contributed by atoms with E-state index in [1.54, 1.807) is 18.4 Å². The molecule has 1 fully saturated rings. The van der Waals surface area contributed by atoms with Crippen molar-refractivity contribution in [1.29, 1.82) is 0 Å². The van der Waals surface area contributed by atoms with Gasteiger partial charge in [0.15, 0.2) is 5.11 Å². The lowest BCUT2D eigenvalue weighted by Gasteiger charge is -2.27. The molecule has 0 amide bonds. The molecule has 0 radical (unpaired) electrons. The lowest BCUT2D eigenvalue weighted by molar-refractivity contribution is 0.286. The predicted molar refractivity (Wildman–Crippen MR) is 127 cm³/mol. The lowest BCUT2D eigenvalue weighted by Crippen LogP contribution is -2.29. The number of aromatic hydroxyl groups is 1. The van der Waals surface area contributed by atoms with Crippen molar-refractivity contribution in [1.82, 2.24) is 19.8 Å². The van der Waals surface area contributed by atoms with E-state index in [0.717, 1.165) is 28.5 Å². The number of nitrogens with one attached hydrogen (secondary N) is 1. The molecular formula is C25H24N4O2S. The van der Waals surface area contributed by atoms with Crippen LogP contribution in [0.3, 0.4) is 0 Å². The molecule has 4 heterocycles. The largest absolute Gasteiger partial charge is 0.508 e. The van der Waals surface area contributed by atoms with Crippen molar-refractivity contribution in [2.75, 3.05) is 0 Å². The third-order valence-corrected chi connectivity index (χ3v) is 6.35. The number of thiocarbonyl (C=S) groups is 1. The topological polar surface area (TPSA) is 66.5 Å². The highest BCUT2D eigenvalue weighted by molar-refractivity contribution is 7.80. The van der Waals surface area contributed by atoms with E-state index in [1.807, 2.05) is 48.7 Å². The van der Waals surface area contributed by atoms with Gasteiger partial charge >= 0.3 is 0 Å². The average Bonchev–Trinajstić information content (AvgIpc) is 3.49. The standard InChI is InChI=1S/C25H24N4O2S/c1-16-14-21(17(2)29(16)18-8-10-19(30)11-9-18)24-23(22-7-3-4-12-26-22)27-25(32)28(24)15-20-6-5-13-31-20/h3-14,23-24,30H,15H2,1-2H3,(H,27,32)/t23-,24-/m1/s1. The summed E-state index contributed by atoms with van der Waals surface area (Å²) in [4.78, 5) is 6.80. The van der Waals surface area contributed by atoms with Crippen molar-refractivity contribution in [2.45, 2.75) is 32.5 Å². The van der Waals surface area contributed by atoms with Crippen LogP contribution in [0.1, 0.15) is 40.5 Å². The highest BCUT2D eigenvalue weighted by Crippen LogP contribution is 2.42. The maximum atomic E-state index is 9.71. The summed E-state index contributed by atoms with van der Waals surface area (Å²) < 4.78 is 7.84. The van der Waals surface area contributed by atoms with Crippen LogP contribution in [0.5, 0.6) is 5.75 Å². The third-order valence-electron chi connectivity index (χ3n) is 6.00. The van der Waals surface area contributed by atoms with E-state index in [1.165, 1.54) is 5.56 Å². The van der Waals surface area contributed by atoms with Crippen molar-refractivity contribution in [3.05, 3.63) is 102 Å². The molecule has 1 saturated heterocycles. The molecule has 0 saturated carbocycles. The number of furan rings is 1. The second kappa shape index (κ2) is 8.16. The molecule has 1 aromatic carbocycles. The van der Waals surface area contributed by atoms with Gasteiger partial charge in [0.25, 0.3) is 0 Å². The van der Waals surface area contributed by atoms with Gasteiger partial charge in [0.2, 0.25) is 0 Å². The van der Waals surface area contributed by atoms with E-state index in [-0.39, 0.29) is 17.8 Å². The molecule has 2 atom stereocenters. The van der Waals surface area contributed by atoms with E-state index < -0.39 is 0 Å². The zero-order chi connectivity index (χ0) is 22.2. The van der Waals surface area contributed by atoms with E-state index in [9.17, 15) is 5.11 Å². The molecule has 5 rings (SSSR count). The van der Waals surface area contributed by atoms with Crippen molar-refractivity contribution in [3.8, 4) is 11.4 Å². The van der Waals surface area contributed by atoms with Crippen LogP contribution < -0.4 is 5.32 Å². The summed E-state index contributed by atoms with van der Waals surface area (Å²) >= 11 is 5.77. The van der Waals surface area contributed by atoms with Crippen LogP contribution >= 0.6 is 12.2 Å². The van der Waals surface area contributed by atoms with Gasteiger partial charge in [-0.25, -0.2) is 0 Å². The van der Waals surface area contributed by atoms with Gasteiger partial charge in [-0.2, -0.15) is 0 Å². The summed E-state index contributed by atoms with van der Waals surface area (Å²) in [7, 11) is 0. The number of aryl methyl sites for hydroxylation is 1. The summed E-state index contributed by atoms with van der Waals surface area (Å²) in [5.74, 6) is 1.11. The first-order chi connectivity index (χ1) is 15.5. The van der Waals surface area contributed by atoms with Crippen molar-refractivity contribution < 1.29 is 9.52 Å². The molecule has 162 valence electrons. The SMILES string of the molecule is Cc1cc([C@@H]2[C@@H](c3ccccn3)NC(=S)N2Cc2ccco2)c(C)n1-c1ccc(O)cc1. The summed E-state index contributed by atoms with van der Waals surface area (Å²) in [6.07, 6.45) is 3.50. The minimum absolute atomic E-state index is 0.0560. The molecule has 6 nitrogen and oxygen atoms in total. The Balaban J connectivity index is 1.62. The third kappa shape index (κ3) is 3.54. The Bertz CT molecular complexity index is 1230. The fraction of sp³-hybridized carbons (Fsp3) is 0.200. The molecular weight excluding hydrogens is 420 g/mol. The number of hydrogen-bond donors (Lipinski definition) is 2. The van der Waals surface area contributed by atoms with Gasteiger partial charge in [0, 0.05) is 23.3 Å². The van der Waals surface area contributed by atoms with Crippen LogP contribution in [0.2, 0.25) is 0 Å². The molecule has 1 aliphatic rings. The number of pyridine rings is 1. The van der Waals surface area contributed by atoms with E-state index in [2.05, 4.69) is 39.7 Å². The molecule has 3 aromatic heterocycles. The highest BCUT2D eigenvalue weighted by atomic mass is 32.1. The van der Waals surface area contributed by atoms with Crippen LogP contribution in [0.4, 0.5) is 0 Å². The maximum Gasteiger partial charge on any atom is 0.170 e. The fourth-order valence-electron chi connectivity index (χ4n) is 4.57.